The number of hydrogen-bond donors (Lipinski definition) is 0. The summed E-state index contributed by atoms with van der Waals surface area (Å²) in [4.78, 5) is 19.6. The van der Waals surface area contributed by atoms with Crippen molar-refractivity contribution in [2.75, 3.05) is 13.2 Å². The number of oxime groups is 2. The zero-order valence-electron chi connectivity index (χ0n) is 17.4. The van der Waals surface area contributed by atoms with Crippen molar-refractivity contribution >= 4 is 11.4 Å². The van der Waals surface area contributed by atoms with Crippen LogP contribution in [0.4, 0.5) is 8.78 Å². The van der Waals surface area contributed by atoms with Gasteiger partial charge in [0.05, 0.1) is 11.4 Å². The SMILES string of the molecule is FCc1ccnc2c1CCC/C2=N\OCCCO/N=C1\CCCc2c(CF)ccnc21. The van der Waals surface area contributed by atoms with E-state index in [0.29, 0.717) is 30.8 Å². The molecule has 31 heavy (non-hydrogen) atoms. The highest BCUT2D eigenvalue weighted by Gasteiger charge is 2.21. The number of halogens is 2. The molecule has 2 aromatic rings. The van der Waals surface area contributed by atoms with Gasteiger partial charge in [0.25, 0.3) is 0 Å². The lowest BCUT2D eigenvalue weighted by Crippen LogP contribution is -2.17. The summed E-state index contributed by atoms with van der Waals surface area (Å²) < 4.78 is 26.4. The lowest BCUT2D eigenvalue weighted by Gasteiger charge is -2.18. The second kappa shape index (κ2) is 10.4. The summed E-state index contributed by atoms with van der Waals surface area (Å²) in [6, 6.07) is 3.44. The van der Waals surface area contributed by atoms with Gasteiger partial charge in [-0.05, 0) is 72.9 Å². The van der Waals surface area contributed by atoms with Crippen LogP contribution in [-0.2, 0) is 35.9 Å². The average Bonchev–Trinajstić information content (AvgIpc) is 2.82. The number of aromatic nitrogens is 2. The van der Waals surface area contributed by atoms with E-state index < -0.39 is 13.3 Å². The third-order valence-electron chi connectivity index (χ3n) is 5.64. The Bertz CT molecular complexity index is 901. The highest BCUT2D eigenvalue weighted by molar-refractivity contribution is 6.01. The summed E-state index contributed by atoms with van der Waals surface area (Å²) in [5.74, 6) is 0. The lowest BCUT2D eigenvalue weighted by molar-refractivity contribution is 0.0894. The van der Waals surface area contributed by atoms with Crippen molar-refractivity contribution in [3.8, 4) is 0 Å². The quantitative estimate of drug-likeness (QED) is 0.454. The molecule has 0 unspecified atom stereocenters. The van der Waals surface area contributed by atoms with Crippen LogP contribution < -0.4 is 0 Å². The van der Waals surface area contributed by atoms with Gasteiger partial charge in [-0.2, -0.15) is 0 Å². The predicted octanol–water partition coefficient (Wildman–Crippen LogP) is 4.62. The van der Waals surface area contributed by atoms with Crippen molar-refractivity contribution in [2.45, 2.75) is 58.3 Å². The highest BCUT2D eigenvalue weighted by Crippen LogP contribution is 2.25. The molecule has 6 nitrogen and oxygen atoms in total. The van der Waals surface area contributed by atoms with Crippen LogP contribution in [0.15, 0.2) is 34.8 Å². The maximum atomic E-state index is 13.2. The van der Waals surface area contributed by atoms with Gasteiger partial charge in [0, 0.05) is 18.8 Å². The molecule has 4 rings (SSSR count). The topological polar surface area (TPSA) is 69.0 Å². The molecule has 2 aliphatic carbocycles. The van der Waals surface area contributed by atoms with Gasteiger partial charge in [0.1, 0.15) is 38.0 Å². The van der Waals surface area contributed by atoms with Crippen LogP contribution in [-0.4, -0.2) is 34.6 Å². The molecule has 0 fully saturated rings. The fourth-order valence-corrected chi connectivity index (χ4v) is 4.09. The first-order chi connectivity index (χ1) is 15.3. The Hall–Kier alpha value is -2.90. The van der Waals surface area contributed by atoms with Crippen molar-refractivity contribution in [1.29, 1.82) is 0 Å². The number of pyridine rings is 2. The molecule has 0 saturated carbocycles. The summed E-state index contributed by atoms with van der Waals surface area (Å²) >= 11 is 0. The van der Waals surface area contributed by atoms with Crippen molar-refractivity contribution in [3.05, 3.63) is 58.2 Å². The average molecular weight is 428 g/mol. The second-order valence-electron chi connectivity index (χ2n) is 7.66. The molecular weight excluding hydrogens is 402 g/mol. The van der Waals surface area contributed by atoms with Crippen molar-refractivity contribution in [2.24, 2.45) is 10.3 Å². The molecule has 0 amide bonds. The van der Waals surface area contributed by atoms with Crippen molar-refractivity contribution < 1.29 is 18.5 Å². The smallest absolute Gasteiger partial charge is 0.120 e. The Balaban J connectivity index is 1.27. The molecule has 2 aromatic heterocycles. The molecule has 0 bridgehead atoms. The number of rotatable bonds is 8. The standard InChI is InChI=1S/C23H26F2N4O2/c24-14-16-8-10-26-22-18(16)4-1-6-20(22)28-30-12-3-13-31-29-21-7-2-5-19-17(15-25)9-11-27-23(19)21/h8-11H,1-7,12-15H2/b28-20+,29-21+. The van der Waals surface area contributed by atoms with Gasteiger partial charge in [-0.25, -0.2) is 8.78 Å². The third kappa shape index (κ3) is 4.89. The van der Waals surface area contributed by atoms with E-state index in [1.807, 2.05) is 0 Å². The molecule has 0 aromatic carbocycles. The third-order valence-corrected chi connectivity index (χ3v) is 5.64. The summed E-state index contributed by atoms with van der Waals surface area (Å²) in [5, 5.41) is 8.46. The minimum absolute atomic E-state index is 0.382. The summed E-state index contributed by atoms with van der Waals surface area (Å²) in [6.07, 6.45) is 8.86. The molecule has 0 radical (unpaired) electrons. The van der Waals surface area contributed by atoms with Gasteiger partial charge in [-0.1, -0.05) is 10.3 Å². The van der Waals surface area contributed by atoms with Crippen LogP contribution in [0.2, 0.25) is 0 Å². The zero-order chi connectivity index (χ0) is 21.5. The van der Waals surface area contributed by atoms with E-state index >= 15 is 0 Å². The summed E-state index contributed by atoms with van der Waals surface area (Å²) in [6.45, 7) is -0.220. The van der Waals surface area contributed by atoms with Crippen LogP contribution >= 0.6 is 0 Å². The van der Waals surface area contributed by atoms with Gasteiger partial charge in [-0.3, -0.25) is 9.97 Å². The first-order valence-corrected chi connectivity index (χ1v) is 10.8. The molecule has 0 N–H and O–H groups in total. The van der Waals surface area contributed by atoms with Crippen LogP contribution in [0.25, 0.3) is 0 Å². The van der Waals surface area contributed by atoms with Crippen molar-refractivity contribution in [1.82, 2.24) is 9.97 Å². The monoisotopic (exact) mass is 428 g/mol. The van der Waals surface area contributed by atoms with E-state index in [1.165, 1.54) is 0 Å². The van der Waals surface area contributed by atoms with E-state index in [2.05, 4.69) is 20.3 Å². The Morgan fingerprint density at radius 1 is 0.742 bits per heavy atom. The van der Waals surface area contributed by atoms with E-state index in [-0.39, 0.29) is 0 Å². The van der Waals surface area contributed by atoms with Gasteiger partial charge in [0.15, 0.2) is 0 Å². The van der Waals surface area contributed by atoms with Crippen LogP contribution in [0, 0.1) is 0 Å². The van der Waals surface area contributed by atoms with Crippen molar-refractivity contribution in [3.63, 3.8) is 0 Å². The fourth-order valence-electron chi connectivity index (χ4n) is 4.09. The van der Waals surface area contributed by atoms with Gasteiger partial charge < -0.3 is 9.68 Å². The van der Waals surface area contributed by atoms with Crippen LogP contribution in [0.3, 0.4) is 0 Å². The molecule has 8 heteroatoms. The molecule has 2 aliphatic rings. The van der Waals surface area contributed by atoms with Crippen LogP contribution in [0.5, 0.6) is 0 Å². The predicted molar refractivity (Wildman–Crippen MR) is 114 cm³/mol. The molecular formula is C23H26F2N4O2. The van der Waals surface area contributed by atoms with E-state index in [4.69, 9.17) is 9.68 Å². The molecule has 2 heterocycles. The highest BCUT2D eigenvalue weighted by atomic mass is 19.1. The first-order valence-electron chi connectivity index (χ1n) is 10.8. The lowest BCUT2D eigenvalue weighted by atomic mass is 9.91. The van der Waals surface area contributed by atoms with Crippen LogP contribution in [0.1, 0.15) is 65.7 Å². The summed E-state index contributed by atoms with van der Waals surface area (Å²) in [5.41, 5.74) is 6.28. The Labute approximate surface area is 180 Å². The minimum atomic E-state index is -0.492. The van der Waals surface area contributed by atoms with E-state index in [9.17, 15) is 8.78 Å². The fraction of sp³-hybridized carbons (Fsp3) is 0.478. The molecule has 0 aliphatic heterocycles. The Kier molecular flexibility index (Phi) is 7.17. The molecule has 164 valence electrons. The zero-order valence-corrected chi connectivity index (χ0v) is 17.4. The normalized spacial score (nSPS) is 18.0. The maximum Gasteiger partial charge on any atom is 0.120 e. The number of alkyl halides is 2. The Morgan fingerprint density at radius 2 is 1.23 bits per heavy atom. The van der Waals surface area contributed by atoms with Gasteiger partial charge >= 0.3 is 0 Å². The number of nitrogens with zero attached hydrogens (tertiary/aromatic N) is 4. The first kappa shape index (κ1) is 21.3. The molecule has 0 atom stereocenters. The second-order valence-corrected chi connectivity index (χ2v) is 7.66. The minimum Gasteiger partial charge on any atom is -0.395 e. The van der Waals surface area contributed by atoms with Gasteiger partial charge in [-0.15, -0.1) is 0 Å². The number of fused-ring (bicyclic) bond motifs is 2. The molecule has 0 spiro atoms. The van der Waals surface area contributed by atoms with E-state index in [1.54, 1.807) is 24.5 Å². The number of hydrogen-bond acceptors (Lipinski definition) is 6. The maximum absolute atomic E-state index is 13.2. The van der Waals surface area contributed by atoms with Gasteiger partial charge in [0.2, 0.25) is 0 Å². The largest absolute Gasteiger partial charge is 0.395 e. The van der Waals surface area contributed by atoms with E-state index in [0.717, 1.165) is 72.5 Å². The summed E-state index contributed by atoms with van der Waals surface area (Å²) in [7, 11) is 0. The Morgan fingerprint density at radius 3 is 1.68 bits per heavy atom. The molecule has 0 saturated heterocycles.